The van der Waals surface area contributed by atoms with E-state index in [9.17, 15) is 10.1 Å². The molecule has 134 valence electrons. The standard InChI is InChI=1S/C18H23ClN4O2/c1-2-25-18(24)15(10-20)17(23-14-6-4-3-5-7-14)22-12-13-8-9-16(19)21-11-13/h8-9,11,14,22-23H,2-7,12H2,1H3/b17-15-. The van der Waals surface area contributed by atoms with E-state index in [0.29, 0.717) is 17.5 Å². The molecular weight excluding hydrogens is 340 g/mol. The van der Waals surface area contributed by atoms with Crippen molar-refractivity contribution in [3.63, 3.8) is 0 Å². The van der Waals surface area contributed by atoms with Crippen molar-refractivity contribution < 1.29 is 9.53 Å². The van der Waals surface area contributed by atoms with Crippen molar-refractivity contribution in [1.82, 2.24) is 15.6 Å². The zero-order valence-corrected chi connectivity index (χ0v) is 15.1. The van der Waals surface area contributed by atoms with Crippen LogP contribution in [0, 0.1) is 11.3 Å². The van der Waals surface area contributed by atoms with Gasteiger partial charge in [0.15, 0.2) is 5.57 Å². The number of hydrogen-bond donors (Lipinski definition) is 2. The zero-order valence-electron chi connectivity index (χ0n) is 14.3. The van der Waals surface area contributed by atoms with Gasteiger partial charge < -0.3 is 15.4 Å². The molecule has 0 atom stereocenters. The Morgan fingerprint density at radius 2 is 2.16 bits per heavy atom. The molecule has 0 saturated heterocycles. The monoisotopic (exact) mass is 362 g/mol. The number of hydrogen-bond acceptors (Lipinski definition) is 6. The molecule has 0 spiro atoms. The number of nitriles is 1. The molecule has 1 fully saturated rings. The maximum absolute atomic E-state index is 12.1. The number of nitrogens with zero attached hydrogens (tertiary/aromatic N) is 2. The van der Waals surface area contributed by atoms with E-state index >= 15 is 0 Å². The molecule has 0 radical (unpaired) electrons. The highest BCUT2D eigenvalue weighted by atomic mass is 35.5. The molecule has 0 unspecified atom stereocenters. The van der Waals surface area contributed by atoms with Crippen LogP contribution in [0.25, 0.3) is 0 Å². The van der Waals surface area contributed by atoms with Crippen molar-refractivity contribution in [2.24, 2.45) is 0 Å². The Bertz CT molecular complexity index is 646. The van der Waals surface area contributed by atoms with E-state index in [-0.39, 0.29) is 18.2 Å². The van der Waals surface area contributed by atoms with E-state index in [0.717, 1.165) is 31.2 Å². The first-order valence-corrected chi connectivity index (χ1v) is 8.94. The number of esters is 1. The summed E-state index contributed by atoms with van der Waals surface area (Å²) < 4.78 is 5.00. The van der Waals surface area contributed by atoms with Crippen LogP contribution >= 0.6 is 11.6 Å². The summed E-state index contributed by atoms with van der Waals surface area (Å²) in [5.41, 5.74) is 0.864. The minimum Gasteiger partial charge on any atom is -0.462 e. The lowest BCUT2D eigenvalue weighted by molar-refractivity contribution is -0.138. The van der Waals surface area contributed by atoms with Gasteiger partial charge in [-0.25, -0.2) is 9.78 Å². The van der Waals surface area contributed by atoms with Gasteiger partial charge in [0.2, 0.25) is 0 Å². The molecule has 0 bridgehead atoms. The minimum absolute atomic E-state index is 0.0330. The number of aromatic nitrogens is 1. The molecule has 2 rings (SSSR count). The molecule has 2 N–H and O–H groups in total. The summed E-state index contributed by atoms with van der Waals surface area (Å²) in [4.78, 5) is 16.1. The van der Waals surface area contributed by atoms with Gasteiger partial charge in [0, 0.05) is 18.8 Å². The number of ether oxygens (including phenoxy) is 1. The molecule has 0 amide bonds. The van der Waals surface area contributed by atoms with E-state index in [2.05, 4.69) is 15.6 Å². The number of halogens is 1. The van der Waals surface area contributed by atoms with E-state index in [1.807, 2.05) is 12.1 Å². The molecule has 1 aromatic rings. The Morgan fingerprint density at radius 1 is 1.40 bits per heavy atom. The summed E-state index contributed by atoms with van der Waals surface area (Å²) in [6.07, 6.45) is 7.22. The van der Waals surface area contributed by atoms with Crippen LogP contribution in [-0.4, -0.2) is 23.6 Å². The van der Waals surface area contributed by atoms with Crippen molar-refractivity contribution >= 4 is 17.6 Å². The summed E-state index contributed by atoms with van der Waals surface area (Å²) in [6, 6.07) is 5.76. The Hall–Kier alpha value is -2.26. The summed E-state index contributed by atoms with van der Waals surface area (Å²) >= 11 is 5.79. The lowest BCUT2D eigenvalue weighted by Gasteiger charge is -2.26. The molecule has 1 heterocycles. The van der Waals surface area contributed by atoms with E-state index in [4.69, 9.17) is 16.3 Å². The van der Waals surface area contributed by atoms with Crippen molar-refractivity contribution in [3.05, 3.63) is 40.4 Å². The summed E-state index contributed by atoms with van der Waals surface area (Å²) in [5, 5.41) is 16.3. The fourth-order valence-corrected chi connectivity index (χ4v) is 2.88. The van der Waals surface area contributed by atoms with Crippen LogP contribution in [0.4, 0.5) is 0 Å². The fourth-order valence-electron chi connectivity index (χ4n) is 2.77. The lowest BCUT2D eigenvalue weighted by Crippen LogP contribution is -2.38. The van der Waals surface area contributed by atoms with E-state index in [1.54, 1.807) is 19.2 Å². The normalized spacial score (nSPS) is 15.7. The van der Waals surface area contributed by atoms with Crippen molar-refractivity contribution in [2.45, 2.75) is 51.6 Å². The van der Waals surface area contributed by atoms with Gasteiger partial charge in [-0.2, -0.15) is 5.26 Å². The lowest BCUT2D eigenvalue weighted by atomic mass is 9.95. The van der Waals surface area contributed by atoms with Gasteiger partial charge in [-0.05, 0) is 31.4 Å². The average molecular weight is 363 g/mol. The Labute approximate surface area is 153 Å². The second kappa shape index (κ2) is 9.90. The number of nitrogens with one attached hydrogen (secondary N) is 2. The molecule has 1 aromatic heterocycles. The summed E-state index contributed by atoms with van der Waals surface area (Å²) in [6.45, 7) is 2.36. The number of carbonyl (C=O) groups is 1. The molecular formula is C18H23ClN4O2. The smallest absolute Gasteiger partial charge is 0.352 e. The minimum atomic E-state index is -0.620. The Balaban J connectivity index is 2.15. The highest BCUT2D eigenvalue weighted by Gasteiger charge is 2.21. The summed E-state index contributed by atoms with van der Waals surface area (Å²) in [7, 11) is 0. The highest BCUT2D eigenvalue weighted by molar-refractivity contribution is 6.29. The largest absolute Gasteiger partial charge is 0.462 e. The zero-order chi connectivity index (χ0) is 18.1. The van der Waals surface area contributed by atoms with Gasteiger partial charge in [0.05, 0.1) is 6.61 Å². The Morgan fingerprint density at radius 3 is 2.76 bits per heavy atom. The fraction of sp³-hybridized carbons (Fsp3) is 0.500. The third-order valence-corrected chi connectivity index (χ3v) is 4.28. The van der Waals surface area contributed by atoms with Crippen molar-refractivity contribution in [1.29, 1.82) is 5.26 Å². The van der Waals surface area contributed by atoms with Crippen LogP contribution in [0.2, 0.25) is 5.15 Å². The first-order chi connectivity index (χ1) is 12.1. The molecule has 25 heavy (non-hydrogen) atoms. The predicted octanol–water partition coefficient (Wildman–Crippen LogP) is 3.05. The molecule has 0 aromatic carbocycles. The van der Waals surface area contributed by atoms with Gasteiger partial charge >= 0.3 is 5.97 Å². The molecule has 0 aliphatic heterocycles. The number of rotatable bonds is 7. The molecule has 7 heteroatoms. The predicted molar refractivity (Wildman–Crippen MR) is 95.4 cm³/mol. The number of pyridine rings is 1. The maximum Gasteiger partial charge on any atom is 0.352 e. The SMILES string of the molecule is CCOC(=O)/C(C#N)=C(/NCc1ccc(Cl)nc1)NC1CCCCC1. The van der Waals surface area contributed by atoms with E-state index in [1.165, 1.54) is 6.42 Å². The summed E-state index contributed by atoms with van der Waals surface area (Å²) in [5.74, 6) is -0.201. The number of carbonyl (C=O) groups excluding carboxylic acids is 1. The molecule has 1 aliphatic rings. The van der Waals surface area contributed by atoms with Crippen LogP contribution in [0.3, 0.4) is 0 Å². The van der Waals surface area contributed by atoms with E-state index < -0.39 is 5.97 Å². The second-order valence-corrected chi connectivity index (χ2v) is 6.29. The topological polar surface area (TPSA) is 87.0 Å². The van der Waals surface area contributed by atoms with Gasteiger partial charge in [0.25, 0.3) is 0 Å². The van der Waals surface area contributed by atoms with Crippen LogP contribution in [0.1, 0.15) is 44.6 Å². The first kappa shape index (κ1) is 19.1. The highest BCUT2D eigenvalue weighted by Crippen LogP contribution is 2.19. The van der Waals surface area contributed by atoms with Gasteiger partial charge in [-0.1, -0.05) is 36.9 Å². The molecule has 1 saturated carbocycles. The quantitative estimate of drug-likeness (QED) is 0.335. The van der Waals surface area contributed by atoms with Gasteiger partial charge in [-0.3, -0.25) is 0 Å². The third-order valence-electron chi connectivity index (χ3n) is 4.05. The van der Waals surface area contributed by atoms with Crippen LogP contribution in [-0.2, 0) is 16.1 Å². The molecule has 1 aliphatic carbocycles. The van der Waals surface area contributed by atoms with Crippen molar-refractivity contribution in [3.8, 4) is 6.07 Å². The van der Waals surface area contributed by atoms with Crippen LogP contribution in [0.15, 0.2) is 29.7 Å². The third kappa shape index (κ3) is 5.95. The first-order valence-electron chi connectivity index (χ1n) is 8.56. The average Bonchev–Trinajstić information content (AvgIpc) is 2.62. The van der Waals surface area contributed by atoms with Gasteiger partial charge in [-0.15, -0.1) is 0 Å². The second-order valence-electron chi connectivity index (χ2n) is 5.90. The van der Waals surface area contributed by atoms with Gasteiger partial charge in [0.1, 0.15) is 17.0 Å². The van der Waals surface area contributed by atoms with Crippen LogP contribution in [0.5, 0.6) is 0 Å². The Kier molecular flexibility index (Phi) is 7.55. The van der Waals surface area contributed by atoms with Crippen LogP contribution < -0.4 is 10.6 Å². The maximum atomic E-state index is 12.1. The molecule has 6 nitrogen and oxygen atoms in total. The van der Waals surface area contributed by atoms with Crippen molar-refractivity contribution in [2.75, 3.05) is 6.61 Å².